The molecule has 1 fully saturated rings. The first-order valence-electron chi connectivity index (χ1n) is 6.93. The van der Waals surface area contributed by atoms with Gasteiger partial charge in [-0.15, -0.1) is 0 Å². The van der Waals surface area contributed by atoms with Crippen LogP contribution in [0, 0.1) is 5.92 Å². The van der Waals surface area contributed by atoms with Crippen LogP contribution in [0.3, 0.4) is 0 Å². The van der Waals surface area contributed by atoms with Gasteiger partial charge in [0.15, 0.2) is 0 Å². The molecular formula is C13H24F2N2O2. The number of amides is 1. The van der Waals surface area contributed by atoms with Gasteiger partial charge in [0.1, 0.15) is 0 Å². The number of aliphatic hydroxyl groups excluding tert-OH is 1. The van der Waals surface area contributed by atoms with Crippen molar-refractivity contribution < 1.29 is 18.7 Å². The summed E-state index contributed by atoms with van der Waals surface area (Å²) in [6.07, 6.45) is 1.86. The summed E-state index contributed by atoms with van der Waals surface area (Å²) in [7, 11) is 0. The number of nitrogens with one attached hydrogen (secondary N) is 1. The molecule has 0 aromatic carbocycles. The fourth-order valence-electron chi connectivity index (χ4n) is 2.56. The van der Waals surface area contributed by atoms with Crippen molar-refractivity contribution in [3.63, 3.8) is 0 Å². The van der Waals surface area contributed by atoms with Gasteiger partial charge in [0.05, 0.1) is 19.7 Å². The van der Waals surface area contributed by atoms with Crippen LogP contribution < -0.4 is 5.32 Å². The van der Waals surface area contributed by atoms with E-state index < -0.39 is 13.0 Å². The highest BCUT2D eigenvalue weighted by molar-refractivity contribution is 5.78. The number of halogens is 2. The average molecular weight is 278 g/mol. The number of hydrogen-bond donors (Lipinski definition) is 2. The smallest absolute Gasteiger partial charge is 0.251 e. The molecule has 0 aromatic heterocycles. The fourth-order valence-corrected chi connectivity index (χ4v) is 2.56. The summed E-state index contributed by atoms with van der Waals surface area (Å²) < 4.78 is 24.6. The largest absolute Gasteiger partial charge is 0.395 e. The number of carbonyl (C=O) groups excluding carboxylic acids is 1. The Morgan fingerprint density at radius 1 is 1.42 bits per heavy atom. The summed E-state index contributed by atoms with van der Waals surface area (Å²) in [6, 6.07) is 0.156. The summed E-state index contributed by atoms with van der Waals surface area (Å²) >= 11 is 0. The number of carbonyl (C=O) groups is 1. The highest BCUT2D eigenvalue weighted by Gasteiger charge is 2.23. The summed E-state index contributed by atoms with van der Waals surface area (Å²) in [5.41, 5.74) is 0. The van der Waals surface area contributed by atoms with Crippen LogP contribution in [0.2, 0.25) is 0 Å². The summed E-state index contributed by atoms with van der Waals surface area (Å²) in [4.78, 5) is 13.1. The fraction of sp³-hybridized carbons (Fsp3) is 0.923. The van der Waals surface area contributed by atoms with Crippen molar-refractivity contribution >= 4 is 5.91 Å². The third-order valence-electron chi connectivity index (χ3n) is 3.64. The van der Waals surface area contributed by atoms with Gasteiger partial charge >= 0.3 is 0 Å². The Bertz CT molecular complexity index is 277. The van der Waals surface area contributed by atoms with Crippen LogP contribution in [-0.2, 0) is 4.79 Å². The first-order valence-corrected chi connectivity index (χ1v) is 6.93. The Morgan fingerprint density at radius 3 is 2.68 bits per heavy atom. The van der Waals surface area contributed by atoms with Crippen LogP contribution in [0.25, 0.3) is 0 Å². The van der Waals surface area contributed by atoms with Gasteiger partial charge < -0.3 is 10.4 Å². The molecule has 1 aliphatic rings. The van der Waals surface area contributed by atoms with Crippen molar-refractivity contribution in [2.24, 2.45) is 5.92 Å². The molecule has 2 unspecified atom stereocenters. The molecule has 1 rings (SSSR count). The number of aliphatic hydroxyl groups is 1. The Kier molecular flexibility index (Phi) is 7.23. The molecule has 112 valence electrons. The van der Waals surface area contributed by atoms with Gasteiger partial charge in [0, 0.05) is 12.6 Å². The second-order valence-electron chi connectivity index (χ2n) is 5.29. The Hall–Kier alpha value is -0.750. The molecule has 1 saturated carbocycles. The van der Waals surface area contributed by atoms with Gasteiger partial charge in [0.2, 0.25) is 5.91 Å². The minimum absolute atomic E-state index is 0.0753. The van der Waals surface area contributed by atoms with E-state index in [1.165, 1.54) is 11.3 Å². The molecule has 6 heteroatoms. The van der Waals surface area contributed by atoms with Gasteiger partial charge in [-0.1, -0.05) is 19.8 Å². The quantitative estimate of drug-likeness (QED) is 0.737. The van der Waals surface area contributed by atoms with E-state index in [-0.39, 0.29) is 31.6 Å². The Morgan fingerprint density at radius 2 is 2.11 bits per heavy atom. The minimum Gasteiger partial charge on any atom is -0.395 e. The standard InChI is InChI=1S/C13H24F2N2O2/c1-10-4-2-3-5-11(10)16-13(19)9-17(6-7-18)8-12(14)15/h10-12,18H,2-9H2,1H3,(H,16,19). The molecule has 0 bridgehead atoms. The second kappa shape index (κ2) is 8.43. The molecule has 0 aromatic rings. The summed E-state index contributed by atoms with van der Waals surface area (Å²) in [5, 5.41) is 11.7. The predicted molar refractivity (Wildman–Crippen MR) is 69.1 cm³/mol. The number of alkyl halides is 2. The molecular weight excluding hydrogens is 254 g/mol. The van der Waals surface area contributed by atoms with E-state index in [2.05, 4.69) is 12.2 Å². The maximum absolute atomic E-state index is 12.3. The van der Waals surface area contributed by atoms with Crippen molar-refractivity contribution in [2.45, 2.75) is 45.1 Å². The molecule has 4 nitrogen and oxygen atoms in total. The Labute approximate surface area is 113 Å². The molecule has 0 aliphatic heterocycles. The maximum Gasteiger partial charge on any atom is 0.251 e. The first-order chi connectivity index (χ1) is 9.02. The molecule has 1 amide bonds. The third-order valence-corrected chi connectivity index (χ3v) is 3.64. The van der Waals surface area contributed by atoms with Gasteiger partial charge in [0.25, 0.3) is 6.43 Å². The summed E-state index contributed by atoms with van der Waals surface area (Å²) in [6.45, 7) is 1.43. The van der Waals surface area contributed by atoms with E-state index in [1.807, 2.05) is 0 Å². The van der Waals surface area contributed by atoms with Crippen molar-refractivity contribution in [3.05, 3.63) is 0 Å². The molecule has 0 radical (unpaired) electrons. The van der Waals surface area contributed by atoms with E-state index in [0.717, 1.165) is 19.3 Å². The van der Waals surface area contributed by atoms with Crippen LogP contribution >= 0.6 is 0 Å². The SMILES string of the molecule is CC1CCCCC1NC(=O)CN(CCO)CC(F)F. The number of nitrogens with zero attached hydrogens (tertiary/aromatic N) is 1. The predicted octanol–water partition coefficient (Wildman–Crippen LogP) is 1.24. The van der Waals surface area contributed by atoms with E-state index in [1.54, 1.807) is 0 Å². The van der Waals surface area contributed by atoms with Crippen LogP contribution in [0.1, 0.15) is 32.6 Å². The lowest BCUT2D eigenvalue weighted by Gasteiger charge is -2.30. The first kappa shape index (κ1) is 16.3. The molecule has 0 saturated heterocycles. The average Bonchev–Trinajstić information content (AvgIpc) is 2.31. The zero-order chi connectivity index (χ0) is 14.3. The Balaban J connectivity index is 2.38. The lowest BCUT2D eigenvalue weighted by Crippen LogP contribution is -2.47. The maximum atomic E-state index is 12.3. The van der Waals surface area contributed by atoms with Crippen LogP contribution in [0.4, 0.5) is 8.78 Å². The van der Waals surface area contributed by atoms with Gasteiger partial charge in [-0.05, 0) is 18.8 Å². The normalized spacial score (nSPS) is 23.9. The highest BCUT2D eigenvalue weighted by atomic mass is 19.3. The molecule has 0 spiro atoms. The van der Waals surface area contributed by atoms with E-state index >= 15 is 0 Å². The zero-order valence-corrected chi connectivity index (χ0v) is 11.4. The lowest BCUT2D eigenvalue weighted by molar-refractivity contribution is -0.124. The molecule has 0 heterocycles. The third kappa shape index (κ3) is 6.29. The molecule has 19 heavy (non-hydrogen) atoms. The van der Waals surface area contributed by atoms with Crippen LogP contribution in [0.5, 0.6) is 0 Å². The van der Waals surface area contributed by atoms with Gasteiger partial charge in [-0.3, -0.25) is 9.69 Å². The van der Waals surface area contributed by atoms with E-state index in [9.17, 15) is 13.6 Å². The minimum atomic E-state index is -2.49. The van der Waals surface area contributed by atoms with Crippen molar-refractivity contribution in [1.82, 2.24) is 10.2 Å². The highest BCUT2D eigenvalue weighted by Crippen LogP contribution is 2.23. The van der Waals surface area contributed by atoms with Gasteiger partial charge in [-0.2, -0.15) is 0 Å². The topological polar surface area (TPSA) is 52.6 Å². The number of rotatable bonds is 7. The van der Waals surface area contributed by atoms with E-state index in [0.29, 0.717) is 5.92 Å². The van der Waals surface area contributed by atoms with Gasteiger partial charge in [-0.25, -0.2) is 8.78 Å². The second-order valence-corrected chi connectivity index (χ2v) is 5.29. The van der Waals surface area contributed by atoms with Crippen molar-refractivity contribution in [3.8, 4) is 0 Å². The molecule has 2 N–H and O–H groups in total. The molecule has 2 atom stereocenters. The van der Waals surface area contributed by atoms with Crippen LogP contribution in [-0.4, -0.2) is 54.6 Å². The lowest BCUT2D eigenvalue weighted by atomic mass is 9.86. The van der Waals surface area contributed by atoms with Crippen molar-refractivity contribution in [2.75, 3.05) is 26.2 Å². The van der Waals surface area contributed by atoms with E-state index in [4.69, 9.17) is 5.11 Å². The zero-order valence-electron chi connectivity index (χ0n) is 11.4. The number of hydrogen-bond acceptors (Lipinski definition) is 3. The van der Waals surface area contributed by atoms with Crippen molar-refractivity contribution in [1.29, 1.82) is 0 Å². The monoisotopic (exact) mass is 278 g/mol. The molecule has 1 aliphatic carbocycles. The van der Waals surface area contributed by atoms with Crippen LogP contribution in [0.15, 0.2) is 0 Å². The summed E-state index contributed by atoms with van der Waals surface area (Å²) in [5.74, 6) is 0.215.